The van der Waals surface area contributed by atoms with Crippen molar-refractivity contribution in [2.75, 3.05) is 0 Å². The number of rotatable bonds is 1. The summed E-state index contributed by atoms with van der Waals surface area (Å²) in [5.74, 6) is 0. The van der Waals surface area contributed by atoms with Crippen LogP contribution in [-0.4, -0.2) is 19.8 Å². The van der Waals surface area contributed by atoms with Crippen LogP contribution in [-0.2, 0) is 0 Å². The molecular formula is C8H7SSe-. The number of thiocarbonyl (C=S) groups is 1. The maximum atomic E-state index is 4.95. The van der Waals surface area contributed by atoms with Gasteiger partial charge in [-0.05, 0) is 0 Å². The zero-order valence-electron chi connectivity index (χ0n) is 5.63. The molecule has 10 heavy (non-hydrogen) atoms. The average Bonchev–Trinajstić information content (AvgIpc) is 1.88. The quantitative estimate of drug-likeness (QED) is 0.507. The third-order valence-electron chi connectivity index (χ3n) is 1.29. The molecule has 0 heterocycles. The van der Waals surface area contributed by atoms with Crippen molar-refractivity contribution in [1.29, 1.82) is 0 Å². The molecule has 0 aliphatic rings. The van der Waals surface area contributed by atoms with Crippen LogP contribution in [0, 0.1) is 6.92 Å². The summed E-state index contributed by atoms with van der Waals surface area (Å²) < 4.78 is 0.833. The van der Waals surface area contributed by atoms with Gasteiger partial charge in [0.1, 0.15) is 0 Å². The maximum absolute atomic E-state index is 4.95. The van der Waals surface area contributed by atoms with Crippen LogP contribution < -0.4 is 0 Å². The fourth-order valence-corrected chi connectivity index (χ4v) is 1.11. The third kappa shape index (κ3) is 1.91. The Kier molecular flexibility index (Phi) is 2.61. The summed E-state index contributed by atoms with van der Waals surface area (Å²) in [6, 6.07) is 8.15. The Morgan fingerprint density at radius 1 is 1.30 bits per heavy atom. The van der Waals surface area contributed by atoms with E-state index in [4.69, 9.17) is 12.2 Å². The van der Waals surface area contributed by atoms with Crippen LogP contribution in [0.3, 0.4) is 0 Å². The number of hydrogen-bond donors (Lipinski definition) is 0. The van der Waals surface area contributed by atoms with Crippen molar-refractivity contribution in [2.24, 2.45) is 0 Å². The van der Waals surface area contributed by atoms with Gasteiger partial charge in [-0.1, -0.05) is 0 Å². The molecule has 0 bridgehead atoms. The molecule has 0 radical (unpaired) electrons. The van der Waals surface area contributed by atoms with E-state index in [9.17, 15) is 0 Å². The number of benzene rings is 1. The summed E-state index contributed by atoms with van der Waals surface area (Å²) in [4.78, 5) is 0. The molecule has 0 amide bonds. The first-order valence-electron chi connectivity index (χ1n) is 2.98. The van der Waals surface area contributed by atoms with Gasteiger partial charge in [-0.2, -0.15) is 0 Å². The second kappa shape index (κ2) is 3.29. The van der Waals surface area contributed by atoms with Gasteiger partial charge in [-0.25, -0.2) is 0 Å². The van der Waals surface area contributed by atoms with E-state index in [1.807, 2.05) is 12.1 Å². The Labute approximate surface area is 74.5 Å². The normalized spacial score (nSPS) is 9.30. The van der Waals surface area contributed by atoms with Crippen LogP contribution in [0.4, 0.5) is 0 Å². The summed E-state index contributed by atoms with van der Waals surface area (Å²) in [6.45, 7) is 2.06. The molecule has 0 unspecified atom stereocenters. The van der Waals surface area contributed by atoms with E-state index in [0.717, 1.165) is 9.33 Å². The molecule has 0 saturated carbocycles. The summed E-state index contributed by atoms with van der Waals surface area (Å²) in [6.07, 6.45) is 0. The van der Waals surface area contributed by atoms with E-state index < -0.39 is 0 Å². The summed E-state index contributed by atoms with van der Waals surface area (Å²) in [7, 11) is 0. The molecular weight excluding hydrogens is 207 g/mol. The first kappa shape index (κ1) is 7.93. The number of hydrogen-bond acceptors (Lipinski definition) is 1. The molecule has 0 aliphatic heterocycles. The van der Waals surface area contributed by atoms with E-state index in [1.165, 1.54) is 5.56 Å². The molecule has 52 valence electrons. The van der Waals surface area contributed by atoms with E-state index in [2.05, 4.69) is 35.1 Å². The zero-order chi connectivity index (χ0) is 7.56. The van der Waals surface area contributed by atoms with Crippen molar-refractivity contribution in [2.45, 2.75) is 6.92 Å². The molecule has 0 N–H and O–H groups in total. The van der Waals surface area contributed by atoms with E-state index in [-0.39, 0.29) is 0 Å². The summed E-state index contributed by atoms with van der Waals surface area (Å²) in [5.41, 5.74) is 2.36. The molecule has 0 fully saturated rings. The SMILES string of the molecule is Cc1ccc(C(=S)[Se-])cc1. The second-order valence-electron chi connectivity index (χ2n) is 2.15. The van der Waals surface area contributed by atoms with Crippen molar-refractivity contribution in [3.05, 3.63) is 35.4 Å². The van der Waals surface area contributed by atoms with Gasteiger partial charge in [0.05, 0.1) is 0 Å². The monoisotopic (exact) mass is 215 g/mol. The first-order chi connectivity index (χ1) is 4.70. The van der Waals surface area contributed by atoms with Gasteiger partial charge in [0.15, 0.2) is 0 Å². The van der Waals surface area contributed by atoms with Crippen LogP contribution in [0.5, 0.6) is 0 Å². The Balaban J connectivity index is 3.00. The molecule has 0 atom stereocenters. The van der Waals surface area contributed by atoms with Gasteiger partial charge in [-0.15, -0.1) is 0 Å². The minimum atomic E-state index is 0.833. The molecule has 0 aliphatic carbocycles. The summed E-state index contributed by atoms with van der Waals surface area (Å²) in [5, 5.41) is 0. The van der Waals surface area contributed by atoms with Crippen LogP contribution in [0.25, 0.3) is 0 Å². The third-order valence-corrected chi connectivity index (χ3v) is 2.02. The minimum absolute atomic E-state index is 0.833. The van der Waals surface area contributed by atoms with Crippen molar-refractivity contribution < 1.29 is 0 Å². The Hall–Kier alpha value is -0.171. The van der Waals surface area contributed by atoms with Crippen LogP contribution in [0.2, 0.25) is 0 Å². The van der Waals surface area contributed by atoms with Crippen molar-refractivity contribution in [3.63, 3.8) is 0 Å². The van der Waals surface area contributed by atoms with Crippen LogP contribution in [0.1, 0.15) is 11.1 Å². The van der Waals surface area contributed by atoms with Crippen LogP contribution in [0.15, 0.2) is 24.3 Å². The zero-order valence-corrected chi connectivity index (χ0v) is 8.16. The molecule has 1 aromatic rings. The van der Waals surface area contributed by atoms with E-state index >= 15 is 0 Å². The predicted octanol–water partition coefficient (Wildman–Crippen LogP) is 1.84. The summed E-state index contributed by atoms with van der Waals surface area (Å²) >= 11 is 7.76. The van der Waals surface area contributed by atoms with Crippen molar-refractivity contribution in [3.8, 4) is 0 Å². The average molecular weight is 214 g/mol. The van der Waals surface area contributed by atoms with Crippen molar-refractivity contribution >= 4 is 32.0 Å². The predicted molar refractivity (Wildman–Crippen MR) is 48.6 cm³/mol. The van der Waals surface area contributed by atoms with Gasteiger partial charge in [0.2, 0.25) is 0 Å². The molecule has 2 heteroatoms. The van der Waals surface area contributed by atoms with Gasteiger partial charge < -0.3 is 0 Å². The van der Waals surface area contributed by atoms with Gasteiger partial charge in [0, 0.05) is 0 Å². The van der Waals surface area contributed by atoms with Crippen molar-refractivity contribution in [1.82, 2.24) is 0 Å². The van der Waals surface area contributed by atoms with E-state index in [1.54, 1.807) is 0 Å². The molecule has 0 saturated heterocycles. The molecule has 1 aromatic carbocycles. The topological polar surface area (TPSA) is 0 Å². The van der Waals surface area contributed by atoms with Crippen LogP contribution >= 0.6 is 12.2 Å². The fraction of sp³-hybridized carbons (Fsp3) is 0.125. The van der Waals surface area contributed by atoms with E-state index in [0.29, 0.717) is 0 Å². The fourth-order valence-electron chi connectivity index (χ4n) is 0.690. The number of aryl methyl sites for hydroxylation is 1. The standard InChI is InChI=1S/C8H8SSe/c1-6-2-4-7(5-3-6)8(9)10/h2-5H,1H3,(H,9,10)/p-1. The van der Waals surface area contributed by atoms with Gasteiger partial charge >= 0.3 is 74.3 Å². The van der Waals surface area contributed by atoms with Gasteiger partial charge in [0.25, 0.3) is 0 Å². The molecule has 0 aromatic heterocycles. The second-order valence-corrected chi connectivity index (χ2v) is 4.00. The first-order valence-corrected chi connectivity index (χ1v) is 4.24. The Bertz CT molecular complexity index is 238. The Morgan fingerprint density at radius 3 is 2.20 bits per heavy atom. The molecule has 0 nitrogen and oxygen atoms in total. The van der Waals surface area contributed by atoms with Gasteiger partial charge in [-0.3, -0.25) is 0 Å². The molecule has 1 rings (SSSR count). The molecule has 0 spiro atoms. The Morgan fingerprint density at radius 2 is 1.80 bits per heavy atom.